The molecule has 13 atom stereocenters. The first-order valence-electron chi connectivity index (χ1n) is 21.7. The van der Waals surface area contributed by atoms with Gasteiger partial charge in [-0.3, -0.25) is 0 Å². The van der Waals surface area contributed by atoms with E-state index in [0.29, 0.717) is 65.2 Å². The molecular formula is C42H88O5Si5. The van der Waals surface area contributed by atoms with Gasteiger partial charge in [0.25, 0.3) is 0 Å². The summed E-state index contributed by atoms with van der Waals surface area (Å²) in [7, 11) is -8.79. The molecule has 306 valence electrons. The van der Waals surface area contributed by atoms with Crippen molar-refractivity contribution in [3.8, 4) is 0 Å². The van der Waals surface area contributed by atoms with Gasteiger partial charge < -0.3 is 22.1 Å². The van der Waals surface area contributed by atoms with E-state index in [2.05, 4.69) is 133 Å². The Bertz CT molecular complexity index is 1180. The van der Waals surface area contributed by atoms with Gasteiger partial charge >= 0.3 is 0 Å². The van der Waals surface area contributed by atoms with Crippen LogP contribution in [0.3, 0.4) is 0 Å². The highest BCUT2D eigenvalue weighted by molar-refractivity contribution is 6.71. The topological polar surface area (TPSA) is 46.2 Å². The van der Waals surface area contributed by atoms with Crippen molar-refractivity contribution < 1.29 is 22.1 Å². The highest BCUT2D eigenvalue weighted by Gasteiger charge is 2.67. The first-order valence-corrected chi connectivity index (χ1v) is 38.8. The fourth-order valence-corrected chi connectivity index (χ4v) is 18.1. The highest BCUT2D eigenvalue weighted by atomic mass is 28.4. The first-order chi connectivity index (χ1) is 23.3. The molecule has 4 aliphatic rings. The lowest BCUT2D eigenvalue weighted by Gasteiger charge is -2.66. The summed E-state index contributed by atoms with van der Waals surface area (Å²) in [5, 5.41) is 0. The Balaban J connectivity index is 1.75. The summed E-state index contributed by atoms with van der Waals surface area (Å²) in [6.45, 7) is 48.5. The molecule has 0 amide bonds. The third-order valence-corrected chi connectivity index (χ3v) is 18.6. The standard InChI is InChI=1S/C42H88O5Si5/c1-29(2)40(47-52(18,19)20)37(45-50(12,13)14)25-30(3)33-21-22-34-39-35(28-38(42(33,34)5)46-51(15,16)17)41(4)24-23-32(43-48(6,7)8)26-31(41)27-36(39)44-49(9,10)11/h29-40H,21-28H2,1-20H3/t30-,31+,32-,33-,34?,35?,36-,37?,38+,39?,40?,41+,42-/m1/s1. The monoisotopic (exact) mass is 813 g/mol. The van der Waals surface area contributed by atoms with Crippen molar-refractivity contribution in [3.05, 3.63) is 0 Å². The Morgan fingerprint density at radius 1 is 0.596 bits per heavy atom. The number of rotatable bonds is 15. The molecule has 10 heteroatoms. The van der Waals surface area contributed by atoms with E-state index >= 15 is 0 Å². The van der Waals surface area contributed by atoms with Crippen LogP contribution in [0.5, 0.6) is 0 Å². The van der Waals surface area contributed by atoms with E-state index in [-0.39, 0.29) is 17.6 Å². The molecular weight excluding hydrogens is 725 g/mol. The van der Waals surface area contributed by atoms with Gasteiger partial charge in [0.1, 0.15) is 0 Å². The minimum atomic E-state index is -1.83. The maximum Gasteiger partial charge on any atom is 0.184 e. The molecule has 0 radical (unpaired) electrons. The summed E-state index contributed by atoms with van der Waals surface area (Å²) in [5.74, 6) is 4.11. The zero-order valence-electron chi connectivity index (χ0n) is 38.1. The minimum Gasteiger partial charge on any atom is -0.415 e. The molecule has 4 rings (SSSR count). The van der Waals surface area contributed by atoms with Gasteiger partial charge in [-0.1, -0.05) is 34.6 Å². The lowest BCUT2D eigenvalue weighted by molar-refractivity contribution is -0.200. The van der Waals surface area contributed by atoms with Crippen LogP contribution in [-0.2, 0) is 22.1 Å². The molecule has 0 aromatic heterocycles. The van der Waals surface area contributed by atoms with Gasteiger partial charge in [0, 0.05) is 12.2 Å². The Morgan fingerprint density at radius 2 is 1.15 bits per heavy atom. The van der Waals surface area contributed by atoms with Crippen LogP contribution in [0.4, 0.5) is 0 Å². The third-order valence-electron chi connectivity index (χ3n) is 13.6. The van der Waals surface area contributed by atoms with Crippen LogP contribution in [-0.4, -0.2) is 72.1 Å². The summed E-state index contributed by atoms with van der Waals surface area (Å²) < 4.78 is 36.0. The van der Waals surface area contributed by atoms with Crippen LogP contribution in [0.2, 0.25) is 98.2 Å². The van der Waals surface area contributed by atoms with Gasteiger partial charge in [0.2, 0.25) is 0 Å². The molecule has 0 N–H and O–H groups in total. The Labute approximate surface area is 329 Å². The first kappa shape index (κ1) is 45.6. The molecule has 5 unspecified atom stereocenters. The molecule has 4 saturated carbocycles. The second-order valence-electron chi connectivity index (χ2n) is 24.0. The van der Waals surface area contributed by atoms with Gasteiger partial charge in [-0.15, -0.1) is 0 Å². The lowest BCUT2D eigenvalue weighted by Crippen LogP contribution is -2.65. The van der Waals surface area contributed by atoms with E-state index in [1.54, 1.807) is 0 Å². The van der Waals surface area contributed by atoms with Gasteiger partial charge in [-0.05, 0) is 202 Å². The normalized spacial score (nSPS) is 38.0. The molecule has 0 heterocycles. The van der Waals surface area contributed by atoms with E-state index in [1.807, 2.05) is 0 Å². The van der Waals surface area contributed by atoms with E-state index in [1.165, 1.54) is 44.9 Å². The average Bonchev–Trinajstić information content (AvgIpc) is 3.27. The van der Waals surface area contributed by atoms with Gasteiger partial charge in [-0.2, -0.15) is 0 Å². The van der Waals surface area contributed by atoms with Crippen LogP contribution in [0.1, 0.15) is 86.0 Å². The van der Waals surface area contributed by atoms with E-state index in [0.717, 1.165) is 6.42 Å². The molecule has 0 aliphatic heterocycles. The van der Waals surface area contributed by atoms with Crippen LogP contribution >= 0.6 is 0 Å². The number of fused-ring (bicyclic) bond motifs is 5. The summed E-state index contributed by atoms with van der Waals surface area (Å²) in [5.41, 5.74) is 0.449. The quantitative estimate of drug-likeness (QED) is 0.154. The molecule has 0 saturated heterocycles. The van der Waals surface area contributed by atoms with Gasteiger partial charge in [0.05, 0.1) is 18.3 Å². The van der Waals surface area contributed by atoms with Crippen molar-refractivity contribution in [3.63, 3.8) is 0 Å². The van der Waals surface area contributed by atoms with Gasteiger partial charge in [-0.25, -0.2) is 0 Å². The Morgan fingerprint density at radius 3 is 1.65 bits per heavy atom. The molecule has 4 aliphatic carbocycles. The zero-order chi connectivity index (χ0) is 39.6. The smallest absolute Gasteiger partial charge is 0.184 e. The van der Waals surface area contributed by atoms with E-state index in [9.17, 15) is 0 Å². The van der Waals surface area contributed by atoms with Crippen molar-refractivity contribution in [1.82, 2.24) is 0 Å². The van der Waals surface area contributed by atoms with Crippen LogP contribution in [0.15, 0.2) is 0 Å². The van der Waals surface area contributed by atoms with Crippen molar-refractivity contribution in [2.24, 2.45) is 52.3 Å². The van der Waals surface area contributed by atoms with Gasteiger partial charge in [0.15, 0.2) is 41.6 Å². The van der Waals surface area contributed by atoms with E-state index < -0.39 is 41.6 Å². The maximum absolute atomic E-state index is 7.55. The Hall–Kier alpha value is 0.884. The zero-order valence-corrected chi connectivity index (χ0v) is 43.1. The second-order valence-corrected chi connectivity index (χ2v) is 46.4. The summed E-state index contributed by atoms with van der Waals surface area (Å²) in [6.07, 6.45) is 11.2. The second kappa shape index (κ2) is 15.9. The molecule has 4 fully saturated rings. The lowest BCUT2D eigenvalue weighted by atomic mass is 9.43. The maximum atomic E-state index is 7.55. The fourth-order valence-electron chi connectivity index (χ4n) is 12.1. The highest BCUT2D eigenvalue weighted by Crippen LogP contribution is 2.70. The van der Waals surface area contributed by atoms with Crippen LogP contribution in [0, 0.1) is 52.3 Å². The molecule has 52 heavy (non-hydrogen) atoms. The van der Waals surface area contributed by atoms with Crippen molar-refractivity contribution in [1.29, 1.82) is 0 Å². The van der Waals surface area contributed by atoms with Crippen molar-refractivity contribution >= 4 is 41.6 Å². The SMILES string of the molecule is CC(C)C(O[Si](C)(C)C)C(C[C@@H](C)[C@H]1CCC2C3C(C[C@H](O[Si](C)(C)C)[C@@]21C)[C@@]1(C)CC[C@@H](O[Si](C)(C)C)C[C@H]1C[C@H]3O[Si](C)(C)C)O[Si](C)(C)C. The average molecular weight is 814 g/mol. The summed E-state index contributed by atoms with van der Waals surface area (Å²) in [6, 6.07) is 0. The van der Waals surface area contributed by atoms with Crippen LogP contribution < -0.4 is 0 Å². The largest absolute Gasteiger partial charge is 0.415 e. The summed E-state index contributed by atoms with van der Waals surface area (Å²) in [4.78, 5) is 0. The summed E-state index contributed by atoms with van der Waals surface area (Å²) >= 11 is 0. The van der Waals surface area contributed by atoms with E-state index in [4.69, 9.17) is 22.1 Å². The van der Waals surface area contributed by atoms with Crippen molar-refractivity contribution in [2.45, 2.75) is 215 Å². The molecule has 0 spiro atoms. The number of hydrogen-bond acceptors (Lipinski definition) is 5. The predicted octanol–water partition coefficient (Wildman–Crippen LogP) is 12.6. The fraction of sp³-hybridized carbons (Fsp3) is 1.00. The Kier molecular flexibility index (Phi) is 13.9. The molecule has 0 aromatic rings. The molecule has 5 nitrogen and oxygen atoms in total. The third kappa shape index (κ3) is 11.1. The van der Waals surface area contributed by atoms with Crippen LogP contribution in [0.25, 0.3) is 0 Å². The molecule has 0 aromatic carbocycles. The number of hydrogen-bond donors (Lipinski definition) is 0. The predicted molar refractivity (Wildman–Crippen MR) is 236 cm³/mol. The van der Waals surface area contributed by atoms with Crippen molar-refractivity contribution in [2.75, 3.05) is 0 Å². The molecule has 0 bridgehead atoms. The minimum absolute atomic E-state index is 0.125.